The Bertz CT molecular complexity index is 538. The molecule has 2 aromatic heterocycles. The molecule has 0 aliphatic carbocycles. The minimum atomic E-state index is -0.867. The van der Waals surface area contributed by atoms with E-state index in [9.17, 15) is 4.79 Å². The van der Waals surface area contributed by atoms with Gasteiger partial charge in [-0.25, -0.2) is 9.67 Å². The lowest BCUT2D eigenvalue weighted by Crippen LogP contribution is -2.10. The van der Waals surface area contributed by atoms with Gasteiger partial charge in [0.1, 0.15) is 19.2 Å². The third-order valence-electron chi connectivity index (χ3n) is 2.34. The van der Waals surface area contributed by atoms with E-state index in [0.29, 0.717) is 11.7 Å². The number of aliphatic carboxylic acids is 1. The van der Waals surface area contributed by atoms with Crippen LogP contribution < -0.4 is 0 Å². The van der Waals surface area contributed by atoms with Crippen LogP contribution in [0.25, 0.3) is 0 Å². The molecule has 2 rings (SSSR count). The summed E-state index contributed by atoms with van der Waals surface area (Å²) in [5.74, 6) is -0.139. The van der Waals surface area contributed by atoms with E-state index < -0.39 is 5.97 Å². The normalized spacial score (nSPS) is 10.8. The van der Waals surface area contributed by atoms with Gasteiger partial charge < -0.3 is 9.67 Å². The molecule has 1 N–H and O–H groups in total. The number of hydrogen-bond acceptors (Lipinski definition) is 6. The van der Waals surface area contributed by atoms with Gasteiger partial charge in [-0.2, -0.15) is 5.10 Å². The van der Waals surface area contributed by atoms with E-state index in [1.54, 1.807) is 11.0 Å². The summed E-state index contributed by atoms with van der Waals surface area (Å²) >= 11 is 1.17. The van der Waals surface area contributed by atoms with Gasteiger partial charge in [0.2, 0.25) is 0 Å². The standard InChI is InChI=1S/C10H14N6O2S/c1-2-3-16-8(4-15-7-11-6-12-15)13-14-10(16)19-5-9(17)18/h6-7H,2-5H2,1H3,(H,17,18). The first-order valence-electron chi connectivity index (χ1n) is 5.79. The second-order valence-corrected chi connectivity index (χ2v) is 4.77. The van der Waals surface area contributed by atoms with Crippen LogP contribution >= 0.6 is 11.8 Å². The van der Waals surface area contributed by atoms with Crippen LogP contribution in [0, 0.1) is 0 Å². The Morgan fingerprint density at radius 2 is 2.32 bits per heavy atom. The van der Waals surface area contributed by atoms with Crippen LogP contribution in [0.2, 0.25) is 0 Å². The highest BCUT2D eigenvalue weighted by Crippen LogP contribution is 2.17. The number of carboxylic acid groups (broad SMARTS) is 1. The molecule has 2 heterocycles. The first kappa shape index (κ1) is 13.5. The fourth-order valence-corrected chi connectivity index (χ4v) is 2.28. The highest BCUT2D eigenvalue weighted by Gasteiger charge is 2.13. The van der Waals surface area contributed by atoms with Crippen molar-refractivity contribution in [1.29, 1.82) is 0 Å². The quantitative estimate of drug-likeness (QED) is 0.738. The van der Waals surface area contributed by atoms with Gasteiger partial charge >= 0.3 is 5.97 Å². The fourth-order valence-electron chi connectivity index (χ4n) is 1.58. The summed E-state index contributed by atoms with van der Waals surface area (Å²) in [6, 6.07) is 0. The largest absolute Gasteiger partial charge is 0.481 e. The van der Waals surface area contributed by atoms with Gasteiger partial charge in [-0.3, -0.25) is 4.79 Å². The molecule has 0 radical (unpaired) electrons. The molecule has 0 bridgehead atoms. The van der Waals surface area contributed by atoms with Crippen molar-refractivity contribution in [2.75, 3.05) is 5.75 Å². The molecule has 0 aromatic carbocycles. The summed E-state index contributed by atoms with van der Waals surface area (Å²) in [6.45, 7) is 3.27. The number of hydrogen-bond donors (Lipinski definition) is 1. The van der Waals surface area contributed by atoms with E-state index in [1.807, 2.05) is 11.5 Å². The predicted octanol–water partition coefficient (Wildman–Crippen LogP) is 0.505. The average Bonchev–Trinajstić information content (AvgIpc) is 2.99. The van der Waals surface area contributed by atoms with E-state index in [0.717, 1.165) is 18.8 Å². The molecule has 0 spiro atoms. The van der Waals surface area contributed by atoms with Crippen LogP contribution in [-0.2, 0) is 17.9 Å². The van der Waals surface area contributed by atoms with Crippen LogP contribution in [0.5, 0.6) is 0 Å². The van der Waals surface area contributed by atoms with Gasteiger partial charge in [-0.1, -0.05) is 18.7 Å². The summed E-state index contributed by atoms with van der Waals surface area (Å²) in [5.41, 5.74) is 0. The van der Waals surface area contributed by atoms with Gasteiger partial charge in [0.15, 0.2) is 11.0 Å². The van der Waals surface area contributed by atoms with E-state index >= 15 is 0 Å². The molecule has 0 unspecified atom stereocenters. The van der Waals surface area contributed by atoms with Gasteiger partial charge in [-0.05, 0) is 6.42 Å². The third kappa shape index (κ3) is 3.53. The first-order valence-corrected chi connectivity index (χ1v) is 6.78. The van der Waals surface area contributed by atoms with Crippen LogP contribution in [0.1, 0.15) is 19.2 Å². The summed E-state index contributed by atoms with van der Waals surface area (Å²) in [4.78, 5) is 14.5. The van der Waals surface area contributed by atoms with Crippen molar-refractivity contribution in [3.05, 3.63) is 18.5 Å². The van der Waals surface area contributed by atoms with Crippen molar-refractivity contribution in [3.63, 3.8) is 0 Å². The van der Waals surface area contributed by atoms with Crippen LogP contribution in [0.4, 0.5) is 0 Å². The molecule has 0 amide bonds. The molecule has 2 aromatic rings. The molecular formula is C10H14N6O2S. The lowest BCUT2D eigenvalue weighted by molar-refractivity contribution is -0.133. The minimum Gasteiger partial charge on any atom is -0.481 e. The van der Waals surface area contributed by atoms with Crippen molar-refractivity contribution in [3.8, 4) is 0 Å². The maximum atomic E-state index is 10.6. The molecule has 9 heteroatoms. The number of aromatic nitrogens is 6. The number of nitrogens with zero attached hydrogens (tertiary/aromatic N) is 6. The highest BCUT2D eigenvalue weighted by molar-refractivity contribution is 7.99. The van der Waals surface area contributed by atoms with Crippen molar-refractivity contribution >= 4 is 17.7 Å². The Kier molecular flexibility index (Phi) is 4.50. The zero-order valence-electron chi connectivity index (χ0n) is 10.4. The Hall–Kier alpha value is -1.90. The van der Waals surface area contributed by atoms with Gasteiger partial charge in [0.25, 0.3) is 0 Å². The summed E-state index contributed by atoms with van der Waals surface area (Å²) in [7, 11) is 0. The number of carboxylic acids is 1. The van der Waals surface area contributed by atoms with Gasteiger partial charge in [0.05, 0.1) is 5.75 Å². The Labute approximate surface area is 113 Å². The monoisotopic (exact) mass is 282 g/mol. The zero-order chi connectivity index (χ0) is 13.7. The van der Waals surface area contributed by atoms with Crippen molar-refractivity contribution in [2.45, 2.75) is 31.6 Å². The maximum absolute atomic E-state index is 10.6. The van der Waals surface area contributed by atoms with Gasteiger partial charge in [-0.15, -0.1) is 10.2 Å². The second kappa shape index (κ2) is 6.32. The molecular weight excluding hydrogens is 268 g/mol. The molecule has 0 fully saturated rings. The average molecular weight is 282 g/mol. The van der Waals surface area contributed by atoms with E-state index in [1.165, 1.54) is 18.1 Å². The lowest BCUT2D eigenvalue weighted by atomic mass is 10.4. The van der Waals surface area contributed by atoms with Crippen LogP contribution in [-0.4, -0.2) is 46.4 Å². The van der Waals surface area contributed by atoms with Crippen LogP contribution in [0.15, 0.2) is 17.8 Å². The minimum absolute atomic E-state index is 0.0226. The van der Waals surface area contributed by atoms with Crippen molar-refractivity contribution in [2.24, 2.45) is 0 Å². The molecule has 8 nitrogen and oxygen atoms in total. The van der Waals surface area contributed by atoms with Gasteiger partial charge in [0, 0.05) is 6.54 Å². The molecule has 0 saturated heterocycles. The number of thioether (sulfide) groups is 1. The smallest absolute Gasteiger partial charge is 0.313 e. The van der Waals surface area contributed by atoms with Crippen molar-refractivity contribution in [1.82, 2.24) is 29.5 Å². The SMILES string of the molecule is CCCn1c(Cn2cncn2)nnc1SCC(=O)O. The molecule has 102 valence electrons. The number of carbonyl (C=O) groups is 1. The van der Waals surface area contributed by atoms with Crippen LogP contribution in [0.3, 0.4) is 0 Å². The van der Waals surface area contributed by atoms with E-state index in [4.69, 9.17) is 5.11 Å². The number of rotatable bonds is 7. The molecule has 0 saturated carbocycles. The first-order chi connectivity index (χ1) is 9.20. The molecule has 0 atom stereocenters. The predicted molar refractivity (Wildman–Crippen MR) is 67.8 cm³/mol. The van der Waals surface area contributed by atoms with E-state index in [-0.39, 0.29) is 5.75 Å². The summed E-state index contributed by atoms with van der Waals surface area (Å²) in [5, 5.41) is 21.5. The Morgan fingerprint density at radius 1 is 1.47 bits per heavy atom. The Balaban J connectivity index is 2.16. The topological polar surface area (TPSA) is 98.7 Å². The second-order valence-electron chi connectivity index (χ2n) is 3.83. The van der Waals surface area contributed by atoms with Crippen molar-refractivity contribution < 1.29 is 9.90 Å². The molecule has 0 aliphatic rings. The maximum Gasteiger partial charge on any atom is 0.313 e. The third-order valence-corrected chi connectivity index (χ3v) is 3.29. The van der Waals surface area contributed by atoms with E-state index in [2.05, 4.69) is 20.3 Å². The lowest BCUT2D eigenvalue weighted by Gasteiger charge is -2.07. The molecule has 0 aliphatic heterocycles. The summed E-state index contributed by atoms with van der Waals surface area (Å²) < 4.78 is 3.58. The fraction of sp³-hybridized carbons (Fsp3) is 0.500. The zero-order valence-corrected chi connectivity index (χ0v) is 11.2. The highest BCUT2D eigenvalue weighted by atomic mass is 32.2. The molecule has 19 heavy (non-hydrogen) atoms. The summed E-state index contributed by atoms with van der Waals surface area (Å²) in [6.07, 6.45) is 3.98. The Morgan fingerprint density at radius 3 is 2.95 bits per heavy atom.